The Kier molecular flexibility index (Phi) is 4.03. The second-order valence-electron chi connectivity index (χ2n) is 4.56. The van der Waals surface area contributed by atoms with Crippen LogP contribution < -0.4 is 5.32 Å². The molecule has 0 aliphatic heterocycles. The fourth-order valence-corrected chi connectivity index (χ4v) is 2.16. The third-order valence-corrected chi connectivity index (χ3v) is 3.23. The summed E-state index contributed by atoms with van der Waals surface area (Å²) in [6.07, 6.45) is 0.779. The van der Waals surface area contributed by atoms with Crippen LogP contribution in [-0.4, -0.2) is 11.1 Å². The molecule has 0 spiro atoms. The number of aromatic carboxylic acids is 1. The summed E-state index contributed by atoms with van der Waals surface area (Å²) < 4.78 is 13.9. The van der Waals surface area contributed by atoms with Gasteiger partial charge in [0, 0.05) is 5.69 Å². The molecule has 0 atom stereocenters. The summed E-state index contributed by atoms with van der Waals surface area (Å²) in [6, 6.07) is 9.80. The van der Waals surface area contributed by atoms with Crippen LogP contribution >= 0.6 is 0 Å². The predicted molar refractivity (Wildman–Crippen MR) is 77.2 cm³/mol. The highest BCUT2D eigenvalue weighted by atomic mass is 19.1. The zero-order valence-electron chi connectivity index (χ0n) is 11.4. The zero-order valence-corrected chi connectivity index (χ0v) is 11.4. The second kappa shape index (κ2) is 5.74. The molecule has 0 bridgehead atoms. The number of carbonyl (C=O) groups is 1. The molecule has 0 unspecified atom stereocenters. The molecule has 2 rings (SSSR count). The lowest BCUT2D eigenvalue weighted by Crippen LogP contribution is -2.07. The number of hydrogen-bond acceptors (Lipinski definition) is 2. The van der Waals surface area contributed by atoms with Gasteiger partial charge >= 0.3 is 5.97 Å². The molecule has 0 heterocycles. The number of hydrogen-bond donors (Lipinski definition) is 2. The summed E-state index contributed by atoms with van der Waals surface area (Å²) in [5.74, 6) is -1.73. The molecule has 0 radical (unpaired) electrons. The van der Waals surface area contributed by atoms with Crippen LogP contribution in [-0.2, 0) is 6.42 Å². The first kappa shape index (κ1) is 14.1. The Labute approximate surface area is 117 Å². The fraction of sp³-hybridized carbons (Fsp3) is 0.188. The summed E-state index contributed by atoms with van der Waals surface area (Å²) in [6.45, 7) is 3.90. The molecule has 0 saturated carbocycles. The maximum Gasteiger partial charge on any atom is 0.337 e. The summed E-state index contributed by atoms with van der Waals surface area (Å²) in [5.41, 5.74) is 2.66. The standard InChI is InChI=1S/C16H16FNO2/c1-3-11-7-4-6-10(2)14(11)18-15-12(16(19)20)8-5-9-13(15)17/h4-9,18H,3H2,1-2H3,(H,19,20). The Morgan fingerprint density at radius 3 is 2.55 bits per heavy atom. The molecule has 0 saturated heterocycles. The molecule has 0 aliphatic rings. The molecular weight excluding hydrogens is 257 g/mol. The maximum atomic E-state index is 13.9. The van der Waals surface area contributed by atoms with E-state index in [1.807, 2.05) is 32.0 Å². The Bertz CT molecular complexity index is 653. The fourth-order valence-electron chi connectivity index (χ4n) is 2.16. The quantitative estimate of drug-likeness (QED) is 0.880. The SMILES string of the molecule is CCc1cccc(C)c1Nc1c(F)cccc1C(=O)O. The predicted octanol–water partition coefficient (Wildman–Crippen LogP) is 4.14. The van der Waals surface area contributed by atoms with Gasteiger partial charge in [0.1, 0.15) is 5.82 Å². The highest BCUT2D eigenvalue weighted by Crippen LogP contribution is 2.29. The average Bonchev–Trinajstić information content (AvgIpc) is 2.42. The van der Waals surface area contributed by atoms with E-state index in [9.17, 15) is 9.18 Å². The van der Waals surface area contributed by atoms with E-state index in [0.717, 1.165) is 23.2 Å². The van der Waals surface area contributed by atoms with E-state index in [1.54, 1.807) is 0 Å². The van der Waals surface area contributed by atoms with Gasteiger partial charge in [0.2, 0.25) is 0 Å². The molecular formula is C16H16FNO2. The number of carboxylic acid groups (broad SMARTS) is 1. The summed E-state index contributed by atoms with van der Waals surface area (Å²) in [5, 5.41) is 12.1. The maximum absolute atomic E-state index is 13.9. The summed E-state index contributed by atoms with van der Waals surface area (Å²) in [7, 11) is 0. The van der Waals surface area contributed by atoms with Gasteiger partial charge in [-0.1, -0.05) is 31.2 Å². The van der Waals surface area contributed by atoms with Crippen molar-refractivity contribution in [3.63, 3.8) is 0 Å². The largest absolute Gasteiger partial charge is 0.478 e. The molecule has 0 aliphatic carbocycles. The van der Waals surface area contributed by atoms with Crippen LogP contribution in [0.25, 0.3) is 0 Å². The van der Waals surface area contributed by atoms with Crippen molar-refractivity contribution >= 4 is 17.3 Å². The van der Waals surface area contributed by atoms with Gasteiger partial charge < -0.3 is 10.4 Å². The molecule has 104 valence electrons. The molecule has 2 N–H and O–H groups in total. The van der Waals surface area contributed by atoms with Crippen molar-refractivity contribution in [3.8, 4) is 0 Å². The lowest BCUT2D eigenvalue weighted by molar-refractivity contribution is 0.0697. The monoisotopic (exact) mass is 273 g/mol. The van der Waals surface area contributed by atoms with Gasteiger partial charge in [0.15, 0.2) is 0 Å². The van der Waals surface area contributed by atoms with Crippen molar-refractivity contribution in [1.29, 1.82) is 0 Å². The average molecular weight is 273 g/mol. The molecule has 0 fully saturated rings. The van der Waals surface area contributed by atoms with Crippen molar-refractivity contribution in [3.05, 3.63) is 58.9 Å². The van der Waals surface area contributed by atoms with Gasteiger partial charge in [0.05, 0.1) is 11.3 Å². The van der Waals surface area contributed by atoms with E-state index in [-0.39, 0.29) is 11.3 Å². The number of halogens is 1. The van der Waals surface area contributed by atoms with Crippen LogP contribution in [0.15, 0.2) is 36.4 Å². The molecule has 0 aromatic heterocycles. The number of benzene rings is 2. The van der Waals surface area contributed by atoms with Crippen molar-refractivity contribution in [2.75, 3.05) is 5.32 Å². The topological polar surface area (TPSA) is 49.3 Å². The van der Waals surface area contributed by atoms with Crippen molar-refractivity contribution in [2.45, 2.75) is 20.3 Å². The molecule has 2 aromatic rings. The number of aryl methyl sites for hydroxylation is 2. The number of rotatable bonds is 4. The van der Waals surface area contributed by atoms with Gasteiger partial charge in [-0.05, 0) is 36.6 Å². The summed E-state index contributed by atoms with van der Waals surface area (Å²) >= 11 is 0. The van der Waals surface area contributed by atoms with Crippen LogP contribution in [0.2, 0.25) is 0 Å². The van der Waals surface area contributed by atoms with Crippen LogP contribution in [0.3, 0.4) is 0 Å². The minimum Gasteiger partial charge on any atom is -0.478 e. The minimum absolute atomic E-state index is 0.00370. The Morgan fingerprint density at radius 1 is 1.20 bits per heavy atom. The molecule has 4 heteroatoms. The lowest BCUT2D eigenvalue weighted by atomic mass is 10.0. The van der Waals surface area contributed by atoms with Crippen LogP contribution in [0.1, 0.15) is 28.4 Å². The number of carboxylic acids is 1. The zero-order chi connectivity index (χ0) is 14.7. The smallest absolute Gasteiger partial charge is 0.337 e. The first-order valence-corrected chi connectivity index (χ1v) is 6.42. The highest BCUT2D eigenvalue weighted by molar-refractivity contribution is 5.95. The number of nitrogens with one attached hydrogen (secondary N) is 1. The van der Waals surface area contributed by atoms with Crippen molar-refractivity contribution < 1.29 is 14.3 Å². The van der Waals surface area contributed by atoms with E-state index in [2.05, 4.69) is 5.32 Å². The van der Waals surface area contributed by atoms with E-state index in [0.29, 0.717) is 0 Å². The Hall–Kier alpha value is -2.36. The van der Waals surface area contributed by atoms with Crippen LogP contribution in [0.5, 0.6) is 0 Å². The van der Waals surface area contributed by atoms with Gasteiger partial charge in [0.25, 0.3) is 0 Å². The lowest BCUT2D eigenvalue weighted by Gasteiger charge is -2.16. The van der Waals surface area contributed by atoms with Crippen LogP contribution in [0, 0.1) is 12.7 Å². The molecule has 0 amide bonds. The van der Waals surface area contributed by atoms with Crippen molar-refractivity contribution in [1.82, 2.24) is 0 Å². The molecule has 2 aromatic carbocycles. The number of para-hydroxylation sites is 2. The van der Waals surface area contributed by atoms with Gasteiger partial charge in [-0.25, -0.2) is 9.18 Å². The van der Waals surface area contributed by atoms with Crippen molar-refractivity contribution in [2.24, 2.45) is 0 Å². The molecule has 3 nitrogen and oxygen atoms in total. The Morgan fingerprint density at radius 2 is 1.90 bits per heavy atom. The normalized spacial score (nSPS) is 10.3. The highest BCUT2D eigenvalue weighted by Gasteiger charge is 2.16. The van der Waals surface area contributed by atoms with E-state index in [1.165, 1.54) is 18.2 Å². The first-order chi connectivity index (χ1) is 9.54. The van der Waals surface area contributed by atoms with E-state index >= 15 is 0 Å². The van der Waals surface area contributed by atoms with Crippen LogP contribution in [0.4, 0.5) is 15.8 Å². The van der Waals surface area contributed by atoms with Gasteiger partial charge in [-0.15, -0.1) is 0 Å². The van der Waals surface area contributed by atoms with Gasteiger partial charge in [-0.3, -0.25) is 0 Å². The first-order valence-electron chi connectivity index (χ1n) is 6.42. The second-order valence-corrected chi connectivity index (χ2v) is 4.56. The third-order valence-electron chi connectivity index (χ3n) is 3.23. The van der Waals surface area contributed by atoms with Gasteiger partial charge in [-0.2, -0.15) is 0 Å². The third kappa shape index (κ3) is 2.64. The summed E-state index contributed by atoms with van der Waals surface area (Å²) in [4.78, 5) is 11.2. The molecule has 20 heavy (non-hydrogen) atoms. The minimum atomic E-state index is -1.15. The van der Waals surface area contributed by atoms with E-state index in [4.69, 9.17) is 5.11 Å². The Balaban J connectivity index is 2.53. The number of anilines is 2. The van der Waals surface area contributed by atoms with E-state index < -0.39 is 11.8 Å².